The number of ether oxygens (including phenoxy) is 2. The number of hydrogen-bond donors (Lipinski definition) is 3. The molecule has 0 spiro atoms. The van der Waals surface area contributed by atoms with Crippen molar-refractivity contribution in [2.75, 3.05) is 32.0 Å². The Labute approximate surface area is 277 Å². The number of nitrogens with one attached hydrogen (secondary N) is 2. The van der Waals surface area contributed by atoms with Crippen LogP contribution in [0.1, 0.15) is 23.1 Å². The fourth-order valence-corrected chi connectivity index (χ4v) is 6.10. The Kier molecular flexibility index (Phi) is 8.36. The molecule has 0 bridgehead atoms. The molecule has 0 unspecified atom stereocenters. The minimum Gasteiger partial charge on any atom is -0.471 e. The number of piperidine rings is 1. The number of likely N-dealkylation sites (tertiary alicyclic amines) is 1. The molecule has 2 amide bonds. The van der Waals surface area contributed by atoms with Gasteiger partial charge in [0, 0.05) is 45.0 Å². The van der Waals surface area contributed by atoms with Gasteiger partial charge in [-0.15, -0.1) is 0 Å². The monoisotopic (exact) mass is 680 g/mol. The summed E-state index contributed by atoms with van der Waals surface area (Å²) >= 11 is 0. The highest BCUT2D eigenvalue weighted by atomic mass is 19.4. The first-order valence-corrected chi connectivity index (χ1v) is 15.5. The van der Waals surface area contributed by atoms with E-state index in [1.165, 1.54) is 4.90 Å². The number of aliphatic hydroxyl groups is 1. The molecule has 6 heterocycles. The molecule has 0 aliphatic carbocycles. The summed E-state index contributed by atoms with van der Waals surface area (Å²) in [7, 11) is 3.59. The van der Waals surface area contributed by atoms with E-state index in [1.807, 2.05) is 17.2 Å². The number of aromatic amines is 1. The molecule has 12 nitrogen and oxygen atoms in total. The molecular weight excluding hydrogens is 648 g/mol. The van der Waals surface area contributed by atoms with Crippen LogP contribution in [-0.4, -0.2) is 84.6 Å². The van der Waals surface area contributed by atoms with Gasteiger partial charge in [-0.25, -0.2) is 19.2 Å². The summed E-state index contributed by atoms with van der Waals surface area (Å²) in [6.45, 7) is 1.26. The molecule has 16 heteroatoms. The van der Waals surface area contributed by atoms with Gasteiger partial charge in [0.1, 0.15) is 29.2 Å². The second-order valence-corrected chi connectivity index (χ2v) is 12.3. The third-order valence-corrected chi connectivity index (χ3v) is 8.67. The molecule has 5 aromatic rings. The molecule has 1 aromatic carbocycles. The van der Waals surface area contributed by atoms with Crippen molar-refractivity contribution in [3.63, 3.8) is 0 Å². The lowest BCUT2D eigenvalue weighted by Crippen LogP contribution is -2.47. The summed E-state index contributed by atoms with van der Waals surface area (Å²) in [6, 6.07) is 7.15. The molecule has 0 saturated carbocycles. The van der Waals surface area contributed by atoms with Gasteiger partial charge >= 0.3 is 12.2 Å². The van der Waals surface area contributed by atoms with Gasteiger partial charge in [0.05, 0.1) is 35.4 Å². The predicted molar refractivity (Wildman–Crippen MR) is 170 cm³/mol. The van der Waals surface area contributed by atoms with Gasteiger partial charge in [-0.3, -0.25) is 4.68 Å². The third-order valence-electron chi connectivity index (χ3n) is 8.67. The number of urea groups is 1. The van der Waals surface area contributed by atoms with Crippen LogP contribution in [-0.2, 0) is 26.2 Å². The SMILES string of the molecule is CN1CC[C@@H](Oc2ncc(NC(=O)N3CCc4ccc(Oc5c(F)cnc6[nH]c(-c7cnn(C)c7)cc56)cc4C3)cc2C(F)(F)F)[C@@H](O)C1. The predicted octanol–water partition coefficient (Wildman–Crippen LogP) is 5.34. The molecule has 256 valence electrons. The minimum absolute atomic E-state index is 0.0209. The van der Waals surface area contributed by atoms with Crippen molar-refractivity contribution in [2.24, 2.45) is 7.05 Å². The first kappa shape index (κ1) is 32.3. The van der Waals surface area contributed by atoms with Crippen molar-refractivity contribution in [3.05, 3.63) is 77.6 Å². The van der Waals surface area contributed by atoms with Crippen LogP contribution in [0.4, 0.5) is 28.0 Å². The summed E-state index contributed by atoms with van der Waals surface area (Å²) < 4.78 is 70.3. The number of halogens is 4. The summed E-state index contributed by atoms with van der Waals surface area (Å²) in [5, 5.41) is 17.4. The zero-order chi connectivity index (χ0) is 34.4. The molecule has 3 N–H and O–H groups in total. The zero-order valence-corrected chi connectivity index (χ0v) is 26.5. The number of alkyl halides is 3. The Hall–Kier alpha value is -5.22. The highest BCUT2D eigenvalue weighted by molar-refractivity contribution is 5.90. The Balaban J connectivity index is 1.06. The molecule has 1 fully saturated rings. The van der Waals surface area contributed by atoms with E-state index in [1.54, 1.807) is 43.2 Å². The number of amides is 2. The molecular formula is C33H32F4N8O4. The standard InChI is InChI=1S/C33H32F4N8O4/c1-43-7-6-28(27(46)17-43)49-31-24(33(35,36)37)10-21(13-39-31)41-32(47)45-8-5-18-3-4-22(9-19(18)16-45)48-29-23-11-26(20-12-40-44(2)15-20)42-30(23)38-14-25(29)34/h3-4,9-15,27-28,46H,5-8,16-17H2,1-2H3,(H,38,42)(H,41,47)/t27-,28+/m0/s1. The van der Waals surface area contributed by atoms with Gasteiger partial charge in [-0.2, -0.15) is 18.3 Å². The number of carbonyl (C=O) groups excluding carboxylic acids is 1. The van der Waals surface area contributed by atoms with Crippen LogP contribution in [0.5, 0.6) is 17.4 Å². The number of pyridine rings is 2. The van der Waals surface area contributed by atoms with E-state index >= 15 is 4.39 Å². The van der Waals surface area contributed by atoms with E-state index in [2.05, 4.69) is 25.4 Å². The van der Waals surface area contributed by atoms with Gasteiger partial charge < -0.3 is 34.7 Å². The molecule has 7 rings (SSSR count). The number of β-amino-alcohol motifs (C(OH)–C–C–N with tert-alkyl or cyclic N) is 1. The van der Waals surface area contributed by atoms with E-state index in [-0.39, 0.29) is 24.5 Å². The number of aliphatic hydroxyl groups excluding tert-OH is 1. The lowest BCUT2D eigenvalue weighted by atomic mass is 9.99. The minimum atomic E-state index is -4.82. The van der Waals surface area contributed by atoms with Crippen molar-refractivity contribution in [1.29, 1.82) is 0 Å². The van der Waals surface area contributed by atoms with Crippen LogP contribution in [0.15, 0.2) is 55.1 Å². The first-order chi connectivity index (χ1) is 23.4. The lowest BCUT2D eigenvalue weighted by molar-refractivity contribution is -0.140. The van der Waals surface area contributed by atoms with E-state index in [0.717, 1.165) is 35.2 Å². The lowest BCUT2D eigenvalue weighted by Gasteiger charge is -2.33. The van der Waals surface area contributed by atoms with Gasteiger partial charge in [-0.1, -0.05) is 6.07 Å². The van der Waals surface area contributed by atoms with Crippen molar-refractivity contribution in [3.8, 4) is 28.6 Å². The molecule has 49 heavy (non-hydrogen) atoms. The Morgan fingerprint density at radius 1 is 1.08 bits per heavy atom. The van der Waals surface area contributed by atoms with Crippen LogP contribution in [0, 0.1) is 5.82 Å². The molecule has 2 aliphatic rings. The van der Waals surface area contributed by atoms with Crippen LogP contribution < -0.4 is 14.8 Å². The van der Waals surface area contributed by atoms with E-state index < -0.39 is 41.7 Å². The van der Waals surface area contributed by atoms with Gasteiger partial charge in [0.25, 0.3) is 0 Å². The molecule has 2 aliphatic heterocycles. The van der Waals surface area contributed by atoms with E-state index in [9.17, 15) is 23.1 Å². The Bertz CT molecular complexity index is 2030. The fraction of sp³-hybridized carbons (Fsp3) is 0.333. The van der Waals surface area contributed by atoms with Crippen molar-refractivity contribution in [1.82, 2.24) is 34.5 Å². The fourth-order valence-electron chi connectivity index (χ4n) is 6.10. The average Bonchev–Trinajstić information content (AvgIpc) is 3.70. The Morgan fingerprint density at radius 2 is 1.92 bits per heavy atom. The number of benzene rings is 1. The van der Waals surface area contributed by atoms with E-state index in [4.69, 9.17) is 9.47 Å². The average molecular weight is 681 g/mol. The van der Waals surface area contributed by atoms with Crippen LogP contribution >= 0.6 is 0 Å². The number of H-pyrrole nitrogens is 1. The zero-order valence-electron chi connectivity index (χ0n) is 26.5. The molecule has 4 aromatic heterocycles. The third kappa shape index (κ3) is 6.73. The van der Waals surface area contributed by atoms with Crippen molar-refractivity contribution in [2.45, 2.75) is 37.8 Å². The van der Waals surface area contributed by atoms with Gasteiger partial charge in [0.15, 0.2) is 11.6 Å². The van der Waals surface area contributed by atoms with Gasteiger partial charge in [-0.05, 0) is 55.3 Å². The molecule has 0 radical (unpaired) electrons. The van der Waals surface area contributed by atoms with Gasteiger partial charge in [0.2, 0.25) is 5.88 Å². The topological polar surface area (TPSA) is 134 Å². The van der Waals surface area contributed by atoms with Crippen molar-refractivity contribution >= 4 is 22.8 Å². The maximum Gasteiger partial charge on any atom is 0.421 e. The molecule has 1 saturated heterocycles. The largest absolute Gasteiger partial charge is 0.471 e. The van der Waals surface area contributed by atoms with E-state index in [0.29, 0.717) is 48.4 Å². The number of aryl methyl sites for hydroxylation is 1. The quantitative estimate of drug-likeness (QED) is 0.205. The summed E-state index contributed by atoms with van der Waals surface area (Å²) in [4.78, 5) is 27.7. The van der Waals surface area contributed by atoms with Crippen LogP contribution in [0.3, 0.4) is 0 Å². The highest BCUT2D eigenvalue weighted by Crippen LogP contribution is 2.38. The smallest absolute Gasteiger partial charge is 0.421 e. The number of nitrogens with zero attached hydrogens (tertiary/aromatic N) is 6. The van der Waals surface area contributed by atoms with Crippen LogP contribution in [0.25, 0.3) is 22.3 Å². The number of likely N-dealkylation sites (N-methyl/N-ethyl adjacent to an activating group) is 1. The first-order valence-electron chi connectivity index (χ1n) is 15.5. The summed E-state index contributed by atoms with van der Waals surface area (Å²) in [5.41, 5.74) is 2.29. The summed E-state index contributed by atoms with van der Waals surface area (Å²) in [5.74, 6) is -1.00. The maximum atomic E-state index is 15.0. The Morgan fingerprint density at radius 3 is 2.67 bits per heavy atom. The summed E-state index contributed by atoms with van der Waals surface area (Å²) in [6.07, 6.45) is -0.170. The second kappa shape index (κ2) is 12.7. The van der Waals surface area contributed by atoms with Crippen LogP contribution in [0.2, 0.25) is 0 Å². The number of aromatic nitrogens is 5. The molecule has 2 atom stereocenters. The maximum absolute atomic E-state index is 15.0. The number of hydrogen-bond acceptors (Lipinski definition) is 8. The number of fused-ring (bicyclic) bond motifs is 2. The second-order valence-electron chi connectivity index (χ2n) is 12.3. The number of rotatable bonds is 6. The number of carbonyl (C=O) groups is 1. The number of anilines is 1. The van der Waals surface area contributed by atoms with Crippen molar-refractivity contribution < 1.29 is 36.9 Å². The highest BCUT2D eigenvalue weighted by Gasteiger charge is 2.38. The normalized spacial score (nSPS) is 18.4.